The van der Waals surface area contributed by atoms with Crippen molar-refractivity contribution < 1.29 is 14.8 Å². The van der Waals surface area contributed by atoms with Crippen LogP contribution in [-0.2, 0) is 0 Å². The van der Waals surface area contributed by atoms with Crippen LogP contribution in [-0.4, -0.2) is 25.8 Å². The Morgan fingerprint density at radius 2 is 2.40 bits per heavy atom. The average molecular weight is 213 g/mol. The molecule has 0 aliphatic carbocycles. The molecule has 1 rings (SSSR count). The lowest BCUT2D eigenvalue weighted by Crippen LogP contribution is -2.14. The Kier molecular flexibility index (Phi) is 3.03. The predicted molar refractivity (Wildman–Crippen MR) is 50.8 cm³/mol. The Hall–Kier alpha value is -1.92. The van der Waals surface area contributed by atoms with Gasteiger partial charge in [0.25, 0.3) is 0 Å². The lowest BCUT2D eigenvalue weighted by Gasteiger charge is -2.10. The maximum atomic E-state index is 10.9. The second kappa shape index (κ2) is 4.07. The standard InChI is InChI=1S/C8H11N3O4/c1-3-5(2)10-7(8(12)13)6(4-9-10)11(14)15/h4-5H,3H2,1-2H3,(H,12,13)/t5-/m0/s1. The molecular weight excluding hydrogens is 202 g/mol. The van der Waals surface area contributed by atoms with Crippen LogP contribution in [0.4, 0.5) is 5.69 Å². The van der Waals surface area contributed by atoms with E-state index in [2.05, 4.69) is 5.10 Å². The summed E-state index contributed by atoms with van der Waals surface area (Å²) in [7, 11) is 0. The molecule has 0 spiro atoms. The third-order valence-corrected chi connectivity index (χ3v) is 2.18. The molecule has 7 heteroatoms. The van der Waals surface area contributed by atoms with E-state index < -0.39 is 16.6 Å². The molecule has 0 radical (unpaired) electrons. The van der Waals surface area contributed by atoms with Crippen molar-refractivity contribution in [3.05, 3.63) is 22.0 Å². The van der Waals surface area contributed by atoms with Crippen molar-refractivity contribution in [3.8, 4) is 0 Å². The van der Waals surface area contributed by atoms with Crippen molar-refractivity contribution in [2.24, 2.45) is 0 Å². The van der Waals surface area contributed by atoms with Gasteiger partial charge >= 0.3 is 11.7 Å². The first-order valence-electron chi connectivity index (χ1n) is 4.44. The molecule has 1 N–H and O–H groups in total. The largest absolute Gasteiger partial charge is 0.476 e. The highest BCUT2D eigenvalue weighted by Crippen LogP contribution is 2.22. The van der Waals surface area contributed by atoms with E-state index in [0.717, 1.165) is 6.20 Å². The maximum absolute atomic E-state index is 10.9. The molecule has 0 unspecified atom stereocenters. The first-order valence-corrected chi connectivity index (χ1v) is 4.44. The summed E-state index contributed by atoms with van der Waals surface area (Å²) in [5.74, 6) is -1.33. The molecule has 0 fully saturated rings. The molecule has 0 aliphatic heterocycles. The first-order chi connectivity index (χ1) is 6.99. The fourth-order valence-electron chi connectivity index (χ4n) is 1.20. The second-order valence-corrected chi connectivity index (χ2v) is 3.14. The molecule has 82 valence electrons. The highest BCUT2D eigenvalue weighted by molar-refractivity contribution is 5.90. The van der Waals surface area contributed by atoms with Crippen LogP contribution in [0.25, 0.3) is 0 Å². The molecule has 0 aliphatic rings. The first kappa shape index (κ1) is 11.2. The zero-order valence-corrected chi connectivity index (χ0v) is 8.38. The van der Waals surface area contributed by atoms with E-state index in [1.54, 1.807) is 6.92 Å². The molecule has 0 bridgehead atoms. The summed E-state index contributed by atoms with van der Waals surface area (Å²) >= 11 is 0. The van der Waals surface area contributed by atoms with Gasteiger partial charge in [-0.25, -0.2) is 9.48 Å². The minimum absolute atomic E-state index is 0.176. The number of carbonyl (C=O) groups is 1. The van der Waals surface area contributed by atoms with E-state index in [1.165, 1.54) is 4.68 Å². The molecule has 7 nitrogen and oxygen atoms in total. The fourth-order valence-corrected chi connectivity index (χ4v) is 1.20. The normalized spacial score (nSPS) is 12.4. The summed E-state index contributed by atoms with van der Waals surface area (Å²) in [4.78, 5) is 20.7. The molecule has 1 heterocycles. The van der Waals surface area contributed by atoms with Crippen LogP contribution in [0.2, 0.25) is 0 Å². The van der Waals surface area contributed by atoms with Gasteiger partial charge in [-0.2, -0.15) is 5.10 Å². The molecule has 1 aromatic rings. The Bertz CT molecular complexity index is 399. The number of hydrogen-bond acceptors (Lipinski definition) is 4. The Balaban J connectivity index is 3.30. The topological polar surface area (TPSA) is 98.3 Å². The number of nitrogens with zero attached hydrogens (tertiary/aromatic N) is 3. The van der Waals surface area contributed by atoms with Gasteiger partial charge in [0.1, 0.15) is 6.20 Å². The van der Waals surface area contributed by atoms with Gasteiger partial charge in [-0.1, -0.05) is 6.92 Å². The van der Waals surface area contributed by atoms with Gasteiger partial charge in [-0.05, 0) is 13.3 Å². The third kappa shape index (κ3) is 1.95. The summed E-state index contributed by atoms with van der Waals surface area (Å²) in [6.45, 7) is 3.60. The van der Waals surface area contributed by atoms with Gasteiger partial charge in [0.05, 0.1) is 11.0 Å². The van der Waals surface area contributed by atoms with Gasteiger partial charge in [-0.15, -0.1) is 0 Å². The van der Waals surface area contributed by atoms with E-state index >= 15 is 0 Å². The van der Waals surface area contributed by atoms with Crippen LogP contribution in [0.15, 0.2) is 6.20 Å². The highest BCUT2D eigenvalue weighted by atomic mass is 16.6. The second-order valence-electron chi connectivity index (χ2n) is 3.14. The number of aromatic carboxylic acids is 1. The van der Waals surface area contributed by atoms with Crippen molar-refractivity contribution in [1.29, 1.82) is 0 Å². The van der Waals surface area contributed by atoms with Crippen LogP contribution in [0.3, 0.4) is 0 Å². The number of aromatic nitrogens is 2. The smallest absolute Gasteiger partial charge is 0.361 e. The summed E-state index contributed by atoms with van der Waals surface area (Å²) in [6, 6.07) is -0.176. The lowest BCUT2D eigenvalue weighted by molar-refractivity contribution is -0.385. The molecule has 0 aromatic carbocycles. The van der Waals surface area contributed by atoms with Crippen LogP contribution >= 0.6 is 0 Å². The predicted octanol–water partition coefficient (Wildman–Crippen LogP) is 1.46. The zero-order chi connectivity index (χ0) is 11.6. The van der Waals surface area contributed by atoms with E-state index in [1.807, 2.05) is 6.92 Å². The van der Waals surface area contributed by atoms with Gasteiger partial charge in [0.2, 0.25) is 5.69 Å². The minimum atomic E-state index is -1.33. The molecule has 15 heavy (non-hydrogen) atoms. The quantitative estimate of drug-likeness (QED) is 0.603. The summed E-state index contributed by atoms with van der Waals surface area (Å²) in [5.41, 5.74) is -0.836. The van der Waals surface area contributed by atoms with E-state index in [9.17, 15) is 14.9 Å². The van der Waals surface area contributed by atoms with Crippen LogP contribution in [0.1, 0.15) is 36.8 Å². The highest BCUT2D eigenvalue weighted by Gasteiger charge is 2.27. The van der Waals surface area contributed by atoms with Gasteiger partial charge in [0, 0.05) is 0 Å². The van der Waals surface area contributed by atoms with Crippen LogP contribution < -0.4 is 0 Å². The van der Waals surface area contributed by atoms with Crippen molar-refractivity contribution >= 4 is 11.7 Å². The summed E-state index contributed by atoms with van der Waals surface area (Å²) in [5, 5.41) is 23.1. The van der Waals surface area contributed by atoms with E-state index in [4.69, 9.17) is 5.11 Å². The molecule has 1 aromatic heterocycles. The van der Waals surface area contributed by atoms with Gasteiger partial charge < -0.3 is 5.11 Å². The van der Waals surface area contributed by atoms with Gasteiger partial charge in [0.15, 0.2) is 0 Å². The molecular formula is C8H11N3O4. The Labute approximate surface area is 85.5 Å². The number of carboxylic acids is 1. The number of hydrogen-bond donors (Lipinski definition) is 1. The lowest BCUT2D eigenvalue weighted by atomic mass is 10.2. The average Bonchev–Trinajstić information content (AvgIpc) is 2.60. The van der Waals surface area contributed by atoms with Gasteiger partial charge in [-0.3, -0.25) is 10.1 Å². The van der Waals surface area contributed by atoms with Crippen molar-refractivity contribution in [3.63, 3.8) is 0 Å². The number of rotatable bonds is 4. The van der Waals surface area contributed by atoms with E-state index in [-0.39, 0.29) is 11.7 Å². The van der Waals surface area contributed by atoms with E-state index in [0.29, 0.717) is 6.42 Å². The zero-order valence-electron chi connectivity index (χ0n) is 8.38. The molecule has 0 saturated carbocycles. The minimum Gasteiger partial charge on any atom is -0.476 e. The summed E-state index contributed by atoms with van der Waals surface area (Å²) in [6.07, 6.45) is 1.62. The third-order valence-electron chi connectivity index (χ3n) is 2.18. The Morgan fingerprint density at radius 3 is 2.80 bits per heavy atom. The molecule has 1 atom stereocenters. The van der Waals surface area contributed by atoms with Crippen LogP contribution in [0.5, 0.6) is 0 Å². The number of nitro groups is 1. The SMILES string of the molecule is CC[C@H](C)n1ncc([N+](=O)[O-])c1C(=O)O. The maximum Gasteiger partial charge on any atom is 0.361 e. The van der Waals surface area contributed by atoms with Crippen molar-refractivity contribution in [2.45, 2.75) is 26.3 Å². The molecule has 0 saturated heterocycles. The fraction of sp³-hybridized carbons (Fsp3) is 0.500. The summed E-state index contributed by atoms with van der Waals surface area (Å²) < 4.78 is 1.17. The van der Waals surface area contributed by atoms with Crippen molar-refractivity contribution in [2.75, 3.05) is 0 Å². The monoisotopic (exact) mass is 213 g/mol. The van der Waals surface area contributed by atoms with Crippen LogP contribution in [0, 0.1) is 10.1 Å². The Morgan fingerprint density at radius 1 is 1.80 bits per heavy atom. The molecule has 0 amide bonds. The number of carboxylic acid groups (broad SMARTS) is 1. The van der Waals surface area contributed by atoms with Crippen molar-refractivity contribution in [1.82, 2.24) is 9.78 Å².